The Labute approximate surface area is 138 Å². The quantitative estimate of drug-likeness (QED) is 0.629. The van der Waals surface area contributed by atoms with Gasteiger partial charge >= 0.3 is 0 Å². The van der Waals surface area contributed by atoms with Crippen LogP contribution in [0.25, 0.3) is 0 Å². The summed E-state index contributed by atoms with van der Waals surface area (Å²) in [6, 6.07) is 10.3. The summed E-state index contributed by atoms with van der Waals surface area (Å²) in [5.74, 6) is 0.0744. The molecule has 0 saturated heterocycles. The van der Waals surface area contributed by atoms with Gasteiger partial charge in [0.15, 0.2) is 6.61 Å². The number of phenolic OH excluding ortho intramolecular Hbond substituents is 1. The van der Waals surface area contributed by atoms with Gasteiger partial charge in [0.05, 0.1) is 12.8 Å². The fourth-order valence-corrected chi connectivity index (χ4v) is 1.86. The number of carbonyl (C=O) groups excluding carboxylic acids is 1. The Hall–Kier alpha value is -3.09. The number of amides is 1. The fourth-order valence-electron chi connectivity index (χ4n) is 1.86. The van der Waals surface area contributed by atoms with E-state index in [0.29, 0.717) is 11.5 Å². The molecule has 1 amide bonds. The van der Waals surface area contributed by atoms with E-state index in [1.54, 1.807) is 38.3 Å². The van der Waals surface area contributed by atoms with Crippen LogP contribution >= 0.6 is 0 Å². The molecule has 0 atom stereocenters. The van der Waals surface area contributed by atoms with Crippen LogP contribution in [0.3, 0.4) is 0 Å². The van der Waals surface area contributed by atoms with Gasteiger partial charge in [0, 0.05) is 5.56 Å². The Morgan fingerprint density at radius 2 is 1.88 bits per heavy atom. The van der Waals surface area contributed by atoms with E-state index in [2.05, 4.69) is 10.5 Å². The lowest BCUT2D eigenvalue weighted by atomic mass is 10.1. The van der Waals surface area contributed by atoms with Gasteiger partial charge in [-0.25, -0.2) is 9.82 Å². The molecule has 2 rings (SSSR count). The van der Waals surface area contributed by atoms with E-state index in [1.165, 1.54) is 6.07 Å². The van der Waals surface area contributed by atoms with E-state index in [0.717, 1.165) is 12.1 Å². The molecule has 0 unspecified atom stereocenters. The van der Waals surface area contributed by atoms with E-state index in [-0.39, 0.29) is 23.6 Å². The van der Waals surface area contributed by atoms with Gasteiger partial charge in [-0.3, -0.25) is 4.79 Å². The second kappa shape index (κ2) is 7.96. The summed E-state index contributed by atoms with van der Waals surface area (Å²) < 4.78 is 23.5. The van der Waals surface area contributed by atoms with Crippen molar-refractivity contribution in [2.24, 2.45) is 5.10 Å². The van der Waals surface area contributed by atoms with Crippen molar-refractivity contribution in [2.45, 2.75) is 6.92 Å². The molecule has 6 nitrogen and oxygen atoms in total. The highest BCUT2D eigenvalue weighted by Gasteiger charge is 2.08. The molecule has 0 fully saturated rings. The minimum atomic E-state index is -0.508. The summed E-state index contributed by atoms with van der Waals surface area (Å²) in [5.41, 5.74) is 2.75. The maximum absolute atomic E-state index is 13.2. The predicted octanol–water partition coefficient (Wildman–Crippen LogP) is 2.46. The molecule has 0 saturated carbocycles. The van der Waals surface area contributed by atoms with Gasteiger partial charge in [-0.05, 0) is 49.4 Å². The molecule has 126 valence electrons. The molecule has 0 spiro atoms. The molecule has 0 aromatic heterocycles. The second-order valence-electron chi connectivity index (χ2n) is 4.86. The van der Waals surface area contributed by atoms with Gasteiger partial charge in [-0.2, -0.15) is 5.10 Å². The first-order valence-corrected chi connectivity index (χ1v) is 7.08. The number of halogens is 1. The number of hydrogen-bond acceptors (Lipinski definition) is 5. The molecule has 2 N–H and O–H groups in total. The van der Waals surface area contributed by atoms with Crippen LogP contribution in [0.1, 0.15) is 12.5 Å². The topological polar surface area (TPSA) is 80.2 Å². The van der Waals surface area contributed by atoms with E-state index < -0.39 is 11.7 Å². The summed E-state index contributed by atoms with van der Waals surface area (Å²) in [6.45, 7) is 1.30. The van der Waals surface area contributed by atoms with Crippen LogP contribution in [0.5, 0.6) is 17.2 Å². The lowest BCUT2D eigenvalue weighted by Crippen LogP contribution is -2.25. The Kier molecular flexibility index (Phi) is 5.73. The van der Waals surface area contributed by atoms with Crippen LogP contribution in [0.15, 0.2) is 47.6 Å². The maximum atomic E-state index is 13.2. The van der Waals surface area contributed by atoms with E-state index in [1.807, 2.05) is 0 Å². The first kappa shape index (κ1) is 17.3. The number of hydrogen-bond donors (Lipinski definition) is 2. The van der Waals surface area contributed by atoms with Crippen molar-refractivity contribution in [3.63, 3.8) is 0 Å². The van der Waals surface area contributed by atoms with E-state index in [4.69, 9.17) is 9.47 Å². The first-order chi connectivity index (χ1) is 11.5. The number of nitrogens with zero attached hydrogens (tertiary/aromatic N) is 1. The summed E-state index contributed by atoms with van der Waals surface area (Å²) in [6.07, 6.45) is 0. The van der Waals surface area contributed by atoms with Crippen molar-refractivity contribution in [3.05, 3.63) is 53.8 Å². The van der Waals surface area contributed by atoms with Crippen LogP contribution in [-0.2, 0) is 4.79 Å². The number of phenols is 1. The van der Waals surface area contributed by atoms with Crippen molar-refractivity contribution in [3.8, 4) is 17.2 Å². The molecule has 0 aliphatic heterocycles. The summed E-state index contributed by atoms with van der Waals surface area (Å²) in [5, 5.41) is 13.5. The highest BCUT2D eigenvalue weighted by atomic mass is 19.1. The molecular formula is C17H17FN2O4. The molecular weight excluding hydrogens is 315 g/mol. The maximum Gasteiger partial charge on any atom is 0.277 e. The zero-order valence-corrected chi connectivity index (χ0v) is 13.2. The Bertz CT molecular complexity index is 745. The minimum absolute atomic E-state index is 0.124. The third-order valence-electron chi connectivity index (χ3n) is 3.13. The van der Waals surface area contributed by atoms with Crippen molar-refractivity contribution in [2.75, 3.05) is 13.7 Å². The molecule has 24 heavy (non-hydrogen) atoms. The number of hydrazone groups is 1. The van der Waals surface area contributed by atoms with Gasteiger partial charge < -0.3 is 14.6 Å². The summed E-state index contributed by atoms with van der Waals surface area (Å²) in [7, 11) is 1.56. The van der Waals surface area contributed by atoms with Gasteiger partial charge in [-0.15, -0.1) is 0 Å². The van der Waals surface area contributed by atoms with Crippen molar-refractivity contribution >= 4 is 11.6 Å². The lowest BCUT2D eigenvalue weighted by Gasteiger charge is -2.07. The summed E-state index contributed by atoms with van der Waals surface area (Å²) in [4.78, 5) is 11.7. The number of ether oxygens (including phenoxy) is 2. The van der Waals surface area contributed by atoms with Gasteiger partial charge in [0.2, 0.25) is 0 Å². The molecule has 0 aliphatic carbocycles. The number of benzene rings is 2. The zero-order chi connectivity index (χ0) is 17.5. The Balaban J connectivity index is 1.90. The largest absolute Gasteiger partial charge is 0.507 e. The zero-order valence-electron chi connectivity index (χ0n) is 13.2. The Morgan fingerprint density at radius 1 is 1.21 bits per heavy atom. The molecule has 0 radical (unpaired) electrons. The fraction of sp³-hybridized carbons (Fsp3) is 0.176. The Morgan fingerprint density at radius 3 is 2.54 bits per heavy atom. The van der Waals surface area contributed by atoms with E-state index >= 15 is 0 Å². The van der Waals surface area contributed by atoms with Gasteiger partial charge in [0.25, 0.3) is 5.91 Å². The number of carbonyl (C=O) groups is 1. The second-order valence-corrected chi connectivity index (χ2v) is 4.86. The number of rotatable bonds is 6. The number of aromatic hydroxyl groups is 1. The molecule has 7 heteroatoms. The average molecular weight is 332 g/mol. The van der Waals surface area contributed by atoms with E-state index in [9.17, 15) is 14.3 Å². The summed E-state index contributed by atoms with van der Waals surface area (Å²) >= 11 is 0. The molecule has 2 aromatic rings. The van der Waals surface area contributed by atoms with Crippen LogP contribution in [0.4, 0.5) is 4.39 Å². The van der Waals surface area contributed by atoms with Crippen LogP contribution in [0.2, 0.25) is 0 Å². The van der Waals surface area contributed by atoms with Crippen molar-refractivity contribution in [1.82, 2.24) is 5.43 Å². The predicted molar refractivity (Wildman–Crippen MR) is 86.9 cm³/mol. The van der Waals surface area contributed by atoms with Crippen LogP contribution in [0, 0.1) is 5.82 Å². The minimum Gasteiger partial charge on any atom is -0.507 e. The lowest BCUT2D eigenvalue weighted by molar-refractivity contribution is -0.123. The highest BCUT2D eigenvalue weighted by Crippen LogP contribution is 2.18. The van der Waals surface area contributed by atoms with Gasteiger partial charge in [-0.1, -0.05) is 0 Å². The third kappa shape index (κ3) is 4.70. The average Bonchev–Trinajstić information content (AvgIpc) is 2.60. The smallest absolute Gasteiger partial charge is 0.277 e. The molecule has 0 bridgehead atoms. The van der Waals surface area contributed by atoms with Crippen molar-refractivity contribution in [1.29, 1.82) is 0 Å². The SMILES string of the molecule is COc1ccc(OCC(=O)N/N=C(\C)c2cc(F)ccc2O)cc1. The van der Waals surface area contributed by atoms with Crippen LogP contribution in [-0.4, -0.2) is 30.4 Å². The number of methoxy groups -OCH3 is 1. The third-order valence-corrected chi connectivity index (χ3v) is 3.13. The molecule has 0 aliphatic rings. The highest BCUT2D eigenvalue weighted by molar-refractivity contribution is 6.01. The number of nitrogens with one attached hydrogen (secondary N) is 1. The molecule has 2 aromatic carbocycles. The monoisotopic (exact) mass is 332 g/mol. The molecule has 0 heterocycles. The van der Waals surface area contributed by atoms with Crippen LogP contribution < -0.4 is 14.9 Å². The normalized spacial score (nSPS) is 11.0. The van der Waals surface area contributed by atoms with Gasteiger partial charge in [0.1, 0.15) is 23.1 Å². The standard InChI is InChI=1S/C17H17FN2O4/c1-11(15-9-12(18)3-8-16(15)21)19-20-17(22)10-24-14-6-4-13(23-2)5-7-14/h3-9,21H,10H2,1-2H3,(H,20,22)/b19-11+. The first-order valence-electron chi connectivity index (χ1n) is 7.08. The van der Waals surface area contributed by atoms with Crippen molar-refractivity contribution < 1.29 is 23.8 Å².